The summed E-state index contributed by atoms with van der Waals surface area (Å²) in [5.74, 6) is 0.0238. The van der Waals surface area contributed by atoms with Gasteiger partial charge in [-0.05, 0) is 13.3 Å². The maximum atomic E-state index is 11.9. The summed E-state index contributed by atoms with van der Waals surface area (Å²) in [5.41, 5.74) is 5.55. The molecule has 0 saturated carbocycles. The normalized spacial score (nSPS) is 12.7. The van der Waals surface area contributed by atoms with Gasteiger partial charge in [0.25, 0.3) is 0 Å². The average Bonchev–Trinajstić information content (AvgIpc) is 2.38. The van der Waals surface area contributed by atoms with Crippen molar-refractivity contribution in [2.45, 2.75) is 19.4 Å². The molecule has 0 aromatic carbocycles. The lowest BCUT2D eigenvalue weighted by molar-refractivity contribution is -0.126. The molecule has 1 atom stereocenters. The number of methoxy groups -OCH3 is 2. The molecule has 0 heterocycles. The first-order valence-electron chi connectivity index (χ1n) is 6.37. The van der Waals surface area contributed by atoms with Crippen LogP contribution in [0, 0.1) is 0 Å². The van der Waals surface area contributed by atoms with Crippen LogP contribution in [0.3, 0.4) is 0 Å². The lowest BCUT2D eigenvalue weighted by atomic mass is 10.2. The SMILES string of the molecule is COCCCNC(=O)C(C)N(CCN)CCOC. The van der Waals surface area contributed by atoms with E-state index in [1.165, 1.54) is 0 Å². The molecule has 1 unspecified atom stereocenters. The van der Waals surface area contributed by atoms with Crippen LogP contribution in [-0.2, 0) is 14.3 Å². The van der Waals surface area contributed by atoms with Gasteiger partial charge in [-0.25, -0.2) is 0 Å². The van der Waals surface area contributed by atoms with Crippen LogP contribution in [0.15, 0.2) is 0 Å². The zero-order chi connectivity index (χ0) is 13.8. The first kappa shape index (κ1) is 17.3. The van der Waals surface area contributed by atoms with E-state index < -0.39 is 0 Å². The Balaban J connectivity index is 4.02. The number of rotatable bonds is 11. The van der Waals surface area contributed by atoms with Gasteiger partial charge >= 0.3 is 0 Å². The molecule has 0 bridgehead atoms. The molecule has 0 aromatic rings. The summed E-state index contributed by atoms with van der Waals surface area (Å²) in [6.45, 7) is 5.71. The van der Waals surface area contributed by atoms with Gasteiger partial charge in [-0.15, -0.1) is 0 Å². The number of nitrogens with one attached hydrogen (secondary N) is 1. The van der Waals surface area contributed by atoms with Crippen molar-refractivity contribution in [1.82, 2.24) is 10.2 Å². The molecule has 0 aliphatic heterocycles. The van der Waals surface area contributed by atoms with Crippen molar-refractivity contribution in [2.75, 3.05) is 53.6 Å². The molecular formula is C12H27N3O3. The Morgan fingerprint density at radius 3 is 2.50 bits per heavy atom. The molecule has 1 amide bonds. The smallest absolute Gasteiger partial charge is 0.237 e. The molecule has 6 nitrogen and oxygen atoms in total. The molecule has 0 rings (SSSR count). The van der Waals surface area contributed by atoms with E-state index in [1.54, 1.807) is 14.2 Å². The summed E-state index contributed by atoms with van der Waals surface area (Å²) < 4.78 is 9.96. The van der Waals surface area contributed by atoms with Crippen LogP contribution in [-0.4, -0.2) is 70.5 Å². The van der Waals surface area contributed by atoms with Crippen molar-refractivity contribution in [3.63, 3.8) is 0 Å². The Labute approximate surface area is 110 Å². The van der Waals surface area contributed by atoms with Crippen LogP contribution in [0.5, 0.6) is 0 Å². The predicted octanol–water partition coefficient (Wildman–Crippen LogP) is -0.565. The van der Waals surface area contributed by atoms with E-state index in [1.807, 2.05) is 11.8 Å². The Morgan fingerprint density at radius 2 is 1.94 bits per heavy atom. The van der Waals surface area contributed by atoms with Crippen LogP contribution in [0.25, 0.3) is 0 Å². The number of nitrogens with two attached hydrogens (primary N) is 1. The predicted molar refractivity (Wildman–Crippen MR) is 71.5 cm³/mol. The summed E-state index contributed by atoms with van der Waals surface area (Å²) in [6.07, 6.45) is 0.823. The van der Waals surface area contributed by atoms with E-state index >= 15 is 0 Å². The van der Waals surface area contributed by atoms with Crippen LogP contribution in [0.2, 0.25) is 0 Å². The molecular weight excluding hydrogens is 234 g/mol. The summed E-state index contributed by atoms with van der Waals surface area (Å²) in [4.78, 5) is 13.9. The largest absolute Gasteiger partial charge is 0.385 e. The van der Waals surface area contributed by atoms with Crippen molar-refractivity contribution in [3.05, 3.63) is 0 Å². The molecule has 0 aromatic heterocycles. The van der Waals surface area contributed by atoms with Crippen molar-refractivity contribution < 1.29 is 14.3 Å². The van der Waals surface area contributed by atoms with Crippen LogP contribution >= 0.6 is 0 Å². The third-order valence-corrected chi connectivity index (χ3v) is 2.75. The fourth-order valence-electron chi connectivity index (χ4n) is 1.62. The van der Waals surface area contributed by atoms with Crippen molar-refractivity contribution in [2.24, 2.45) is 5.73 Å². The minimum Gasteiger partial charge on any atom is -0.385 e. The van der Waals surface area contributed by atoms with Crippen LogP contribution in [0.1, 0.15) is 13.3 Å². The van der Waals surface area contributed by atoms with Gasteiger partial charge in [0.05, 0.1) is 12.6 Å². The minimum absolute atomic E-state index is 0.0238. The third kappa shape index (κ3) is 7.60. The van der Waals surface area contributed by atoms with Gasteiger partial charge in [0.2, 0.25) is 5.91 Å². The monoisotopic (exact) mass is 261 g/mol. The van der Waals surface area contributed by atoms with Crippen molar-refractivity contribution in [3.8, 4) is 0 Å². The number of ether oxygens (including phenoxy) is 2. The van der Waals surface area contributed by atoms with Gasteiger partial charge < -0.3 is 20.5 Å². The lowest BCUT2D eigenvalue weighted by Gasteiger charge is -2.27. The summed E-state index contributed by atoms with van der Waals surface area (Å²) in [6, 6.07) is -0.189. The van der Waals surface area contributed by atoms with Gasteiger partial charge in [-0.1, -0.05) is 0 Å². The highest BCUT2D eigenvalue weighted by Gasteiger charge is 2.19. The fourth-order valence-corrected chi connectivity index (χ4v) is 1.62. The summed E-state index contributed by atoms with van der Waals surface area (Å²) in [7, 11) is 3.30. The minimum atomic E-state index is -0.189. The van der Waals surface area contributed by atoms with Gasteiger partial charge in [0.15, 0.2) is 0 Å². The number of hydrogen-bond acceptors (Lipinski definition) is 5. The Hall–Kier alpha value is -0.690. The number of hydrogen-bond donors (Lipinski definition) is 2. The molecule has 6 heteroatoms. The molecule has 0 aliphatic carbocycles. The van der Waals surface area contributed by atoms with Gasteiger partial charge in [-0.2, -0.15) is 0 Å². The summed E-state index contributed by atoms with van der Waals surface area (Å²) >= 11 is 0. The van der Waals surface area contributed by atoms with E-state index in [4.69, 9.17) is 15.2 Å². The second-order valence-corrected chi connectivity index (χ2v) is 4.13. The first-order valence-corrected chi connectivity index (χ1v) is 6.37. The molecule has 108 valence electrons. The Kier molecular flexibility index (Phi) is 11.0. The maximum Gasteiger partial charge on any atom is 0.237 e. The van der Waals surface area contributed by atoms with E-state index in [2.05, 4.69) is 5.32 Å². The van der Waals surface area contributed by atoms with E-state index in [9.17, 15) is 4.79 Å². The Morgan fingerprint density at radius 1 is 1.28 bits per heavy atom. The van der Waals surface area contributed by atoms with Crippen LogP contribution in [0.4, 0.5) is 0 Å². The van der Waals surface area contributed by atoms with E-state index in [0.29, 0.717) is 39.4 Å². The Bertz CT molecular complexity index is 215. The molecule has 3 N–H and O–H groups in total. The molecule has 0 spiro atoms. The molecule has 0 saturated heterocycles. The average molecular weight is 261 g/mol. The zero-order valence-electron chi connectivity index (χ0n) is 11.8. The molecule has 0 radical (unpaired) electrons. The summed E-state index contributed by atoms with van der Waals surface area (Å²) in [5, 5.41) is 2.89. The highest BCUT2D eigenvalue weighted by atomic mass is 16.5. The van der Waals surface area contributed by atoms with Crippen molar-refractivity contribution >= 4 is 5.91 Å². The molecule has 0 fully saturated rings. The standard InChI is InChI=1S/C12H27N3O3/c1-11(12(16)14-6-4-9-17-2)15(7-5-13)8-10-18-3/h11H,4-10,13H2,1-3H3,(H,14,16). The van der Waals surface area contributed by atoms with E-state index in [-0.39, 0.29) is 11.9 Å². The van der Waals surface area contributed by atoms with E-state index in [0.717, 1.165) is 6.42 Å². The highest BCUT2D eigenvalue weighted by molar-refractivity contribution is 5.81. The number of carbonyl (C=O) groups is 1. The number of carbonyl (C=O) groups excluding carboxylic acids is 1. The molecule has 18 heavy (non-hydrogen) atoms. The zero-order valence-corrected chi connectivity index (χ0v) is 11.8. The van der Waals surface area contributed by atoms with Crippen molar-refractivity contribution in [1.29, 1.82) is 0 Å². The van der Waals surface area contributed by atoms with Gasteiger partial charge in [0.1, 0.15) is 0 Å². The molecule has 0 aliphatic rings. The fraction of sp³-hybridized carbons (Fsp3) is 0.917. The quantitative estimate of drug-likeness (QED) is 0.487. The van der Waals surface area contributed by atoms with Crippen LogP contribution < -0.4 is 11.1 Å². The third-order valence-electron chi connectivity index (χ3n) is 2.75. The number of amides is 1. The second-order valence-electron chi connectivity index (χ2n) is 4.13. The first-order chi connectivity index (χ1) is 8.67. The highest BCUT2D eigenvalue weighted by Crippen LogP contribution is 1.98. The number of nitrogens with zero attached hydrogens (tertiary/aromatic N) is 1. The van der Waals surface area contributed by atoms with Gasteiger partial charge in [0, 0.05) is 47.0 Å². The maximum absolute atomic E-state index is 11.9. The topological polar surface area (TPSA) is 76.8 Å². The van der Waals surface area contributed by atoms with Gasteiger partial charge in [-0.3, -0.25) is 9.69 Å². The lowest BCUT2D eigenvalue weighted by Crippen LogP contribution is -2.48. The second kappa shape index (κ2) is 11.4.